The second kappa shape index (κ2) is 6.34. The molecule has 0 fully saturated rings. The summed E-state index contributed by atoms with van der Waals surface area (Å²) in [6.07, 6.45) is 0. The van der Waals surface area contributed by atoms with Crippen LogP contribution in [0.3, 0.4) is 0 Å². The summed E-state index contributed by atoms with van der Waals surface area (Å²) in [5.74, 6) is 0.909. The zero-order valence-corrected chi connectivity index (χ0v) is 11.7. The second-order valence-electron chi connectivity index (χ2n) is 4.14. The van der Waals surface area contributed by atoms with Gasteiger partial charge in [0.05, 0.1) is 7.11 Å². The molecule has 0 aliphatic heterocycles. The molecule has 2 rings (SSSR count). The average molecular weight is 291 g/mol. The van der Waals surface area contributed by atoms with Gasteiger partial charge in [-0.2, -0.15) is 0 Å². The highest BCUT2D eigenvalue weighted by Gasteiger charge is 2.06. The first kappa shape index (κ1) is 14.3. The quantitative estimate of drug-likeness (QED) is 0.860. The molecule has 20 heavy (non-hydrogen) atoms. The molecule has 0 bridgehead atoms. The van der Waals surface area contributed by atoms with Gasteiger partial charge in [-0.3, -0.25) is 0 Å². The molecule has 5 heteroatoms. The van der Waals surface area contributed by atoms with Crippen molar-refractivity contribution in [2.75, 3.05) is 7.11 Å². The van der Waals surface area contributed by atoms with Gasteiger partial charge in [-0.15, -0.1) is 0 Å². The summed E-state index contributed by atoms with van der Waals surface area (Å²) in [5, 5.41) is 0. The number of nitrogens with two attached hydrogens (primary N) is 1. The number of methoxy groups -OCH3 is 1. The Morgan fingerprint density at radius 3 is 2.60 bits per heavy atom. The number of thiocarbonyl (C=S) groups is 1. The van der Waals surface area contributed by atoms with Gasteiger partial charge in [-0.25, -0.2) is 4.39 Å². The topological polar surface area (TPSA) is 44.5 Å². The maximum Gasteiger partial charge on any atom is 0.130 e. The lowest BCUT2D eigenvalue weighted by Gasteiger charge is -2.09. The Labute approximate surface area is 122 Å². The van der Waals surface area contributed by atoms with Gasteiger partial charge in [0.1, 0.15) is 28.9 Å². The van der Waals surface area contributed by atoms with Gasteiger partial charge in [0, 0.05) is 17.2 Å². The summed E-state index contributed by atoms with van der Waals surface area (Å²) in [7, 11) is 1.58. The summed E-state index contributed by atoms with van der Waals surface area (Å²) in [4.78, 5) is 0.171. The molecular weight excluding hydrogens is 277 g/mol. The smallest absolute Gasteiger partial charge is 0.130 e. The SMILES string of the molecule is COc1cccc(OCc2ccc(C(N)=S)cc2F)c1. The molecule has 0 aliphatic rings. The first-order valence-electron chi connectivity index (χ1n) is 5.95. The summed E-state index contributed by atoms with van der Waals surface area (Å²) in [6.45, 7) is 0.122. The van der Waals surface area contributed by atoms with Crippen LogP contribution in [0.2, 0.25) is 0 Å². The summed E-state index contributed by atoms with van der Waals surface area (Å²) < 4.78 is 24.5. The van der Waals surface area contributed by atoms with E-state index in [4.69, 9.17) is 27.4 Å². The van der Waals surface area contributed by atoms with E-state index < -0.39 is 5.82 Å². The van der Waals surface area contributed by atoms with Crippen LogP contribution in [0.4, 0.5) is 4.39 Å². The van der Waals surface area contributed by atoms with Gasteiger partial charge in [0.2, 0.25) is 0 Å². The number of benzene rings is 2. The molecular formula is C15H14FNO2S. The van der Waals surface area contributed by atoms with Crippen LogP contribution in [0.5, 0.6) is 11.5 Å². The molecule has 0 saturated heterocycles. The van der Waals surface area contributed by atoms with Gasteiger partial charge in [-0.1, -0.05) is 30.4 Å². The normalized spacial score (nSPS) is 10.1. The van der Waals surface area contributed by atoms with Crippen molar-refractivity contribution < 1.29 is 13.9 Å². The van der Waals surface area contributed by atoms with E-state index in [1.807, 2.05) is 6.07 Å². The van der Waals surface area contributed by atoms with Crippen LogP contribution in [0.25, 0.3) is 0 Å². The van der Waals surface area contributed by atoms with Crippen LogP contribution >= 0.6 is 12.2 Å². The Morgan fingerprint density at radius 1 is 1.20 bits per heavy atom. The fourth-order valence-electron chi connectivity index (χ4n) is 1.67. The van der Waals surface area contributed by atoms with E-state index in [1.54, 1.807) is 37.4 Å². The highest BCUT2D eigenvalue weighted by Crippen LogP contribution is 2.20. The average Bonchev–Trinajstić information content (AvgIpc) is 2.46. The molecule has 0 aliphatic carbocycles. The van der Waals surface area contributed by atoms with E-state index in [0.29, 0.717) is 22.6 Å². The number of hydrogen-bond donors (Lipinski definition) is 1. The monoisotopic (exact) mass is 291 g/mol. The number of hydrogen-bond acceptors (Lipinski definition) is 3. The molecule has 0 spiro atoms. The molecule has 0 amide bonds. The van der Waals surface area contributed by atoms with Crippen molar-refractivity contribution in [2.24, 2.45) is 5.73 Å². The fourth-order valence-corrected chi connectivity index (χ4v) is 1.80. The first-order valence-corrected chi connectivity index (χ1v) is 6.36. The van der Waals surface area contributed by atoms with Gasteiger partial charge in [-0.05, 0) is 18.2 Å². The van der Waals surface area contributed by atoms with Gasteiger partial charge < -0.3 is 15.2 Å². The van der Waals surface area contributed by atoms with E-state index in [9.17, 15) is 4.39 Å². The molecule has 2 aromatic carbocycles. The van der Waals surface area contributed by atoms with Crippen LogP contribution in [0, 0.1) is 5.82 Å². The second-order valence-corrected chi connectivity index (χ2v) is 4.58. The van der Waals surface area contributed by atoms with Crippen molar-refractivity contribution in [1.82, 2.24) is 0 Å². The fraction of sp³-hybridized carbons (Fsp3) is 0.133. The van der Waals surface area contributed by atoms with Crippen molar-refractivity contribution in [2.45, 2.75) is 6.61 Å². The Bertz CT molecular complexity index is 631. The molecule has 0 unspecified atom stereocenters. The lowest BCUT2D eigenvalue weighted by atomic mass is 10.1. The van der Waals surface area contributed by atoms with Gasteiger partial charge >= 0.3 is 0 Å². The van der Waals surface area contributed by atoms with Crippen molar-refractivity contribution in [1.29, 1.82) is 0 Å². The van der Waals surface area contributed by atoms with Crippen molar-refractivity contribution in [3.8, 4) is 11.5 Å². The largest absolute Gasteiger partial charge is 0.497 e. The van der Waals surface area contributed by atoms with Crippen LogP contribution < -0.4 is 15.2 Å². The minimum Gasteiger partial charge on any atom is -0.497 e. The minimum atomic E-state index is -0.391. The zero-order valence-electron chi connectivity index (χ0n) is 10.9. The molecule has 0 heterocycles. The van der Waals surface area contributed by atoms with Gasteiger partial charge in [0.25, 0.3) is 0 Å². The predicted molar refractivity (Wildman–Crippen MR) is 79.6 cm³/mol. The zero-order chi connectivity index (χ0) is 14.5. The maximum absolute atomic E-state index is 13.8. The lowest BCUT2D eigenvalue weighted by molar-refractivity contribution is 0.297. The van der Waals surface area contributed by atoms with Crippen LogP contribution in [0.1, 0.15) is 11.1 Å². The number of rotatable bonds is 5. The Morgan fingerprint density at radius 2 is 1.95 bits per heavy atom. The predicted octanol–water partition coefficient (Wildman–Crippen LogP) is 3.05. The third-order valence-corrected chi connectivity index (χ3v) is 3.01. The maximum atomic E-state index is 13.8. The van der Waals surface area contributed by atoms with Crippen LogP contribution in [-0.2, 0) is 6.61 Å². The Hall–Kier alpha value is -2.14. The third-order valence-electron chi connectivity index (χ3n) is 2.77. The molecule has 0 aromatic heterocycles. The molecule has 0 radical (unpaired) electrons. The molecule has 104 valence electrons. The van der Waals surface area contributed by atoms with Crippen LogP contribution in [-0.4, -0.2) is 12.1 Å². The summed E-state index contributed by atoms with van der Waals surface area (Å²) in [5.41, 5.74) is 6.39. The van der Waals surface area contributed by atoms with Crippen molar-refractivity contribution in [3.05, 3.63) is 59.4 Å². The van der Waals surface area contributed by atoms with E-state index >= 15 is 0 Å². The van der Waals surface area contributed by atoms with E-state index in [0.717, 1.165) is 0 Å². The Kier molecular flexibility index (Phi) is 4.53. The molecule has 0 atom stereocenters. The highest BCUT2D eigenvalue weighted by atomic mass is 32.1. The van der Waals surface area contributed by atoms with Crippen molar-refractivity contribution >= 4 is 17.2 Å². The molecule has 2 aromatic rings. The van der Waals surface area contributed by atoms with E-state index in [-0.39, 0.29) is 11.6 Å². The number of halogens is 1. The van der Waals surface area contributed by atoms with Crippen molar-refractivity contribution in [3.63, 3.8) is 0 Å². The first-order chi connectivity index (χ1) is 9.60. The molecule has 0 saturated carbocycles. The van der Waals surface area contributed by atoms with Gasteiger partial charge in [0.15, 0.2) is 0 Å². The molecule has 3 nitrogen and oxygen atoms in total. The molecule has 2 N–H and O–H groups in total. The summed E-state index contributed by atoms with van der Waals surface area (Å²) >= 11 is 4.80. The lowest BCUT2D eigenvalue weighted by Crippen LogP contribution is -2.10. The van der Waals surface area contributed by atoms with E-state index in [1.165, 1.54) is 6.07 Å². The highest BCUT2D eigenvalue weighted by molar-refractivity contribution is 7.80. The minimum absolute atomic E-state index is 0.122. The standard InChI is InChI=1S/C15H14FNO2S/c1-18-12-3-2-4-13(8-12)19-9-11-6-5-10(15(17)20)7-14(11)16/h2-8H,9H2,1H3,(H2,17,20). The summed E-state index contributed by atoms with van der Waals surface area (Å²) in [6, 6.07) is 11.7. The van der Waals surface area contributed by atoms with E-state index in [2.05, 4.69) is 0 Å². The van der Waals surface area contributed by atoms with Crippen LogP contribution in [0.15, 0.2) is 42.5 Å². The third kappa shape index (κ3) is 3.45. The Balaban J connectivity index is 2.08. The number of ether oxygens (including phenoxy) is 2.